The van der Waals surface area contributed by atoms with Gasteiger partial charge in [-0.3, -0.25) is 4.79 Å². The zero-order chi connectivity index (χ0) is 13.9. The first-order chi connectivity index (χ1) is 9.72. The summed E-state index contributed by atoms with van der Waals surface area (Å²) in [5, 5.41) is 2.94. The molecule has 2 aromatic carbocycles. The van der Waals surface area contributed by atoms with Crippen LogP contribution in [0.15, 0.2) is 42.5 Å². The van der Waals surface area contributed by atoms with Gasteiger partial charge in [0.05, 0.1) is 0 Å². The van der Waals surface area contributed by atoms with E-state index in [0.717, 1.165) is 24.0 Å². The van der Waals surface area contributed by atoms with Crippen LogP contribution in [0.2, 0.25) is 0 Å². The number of rotatable bonds is 3. The highest BCUT2D eigenvalue weighted by Gasteiger charge is 2.13. The molecule has 102 valence electrons. The molecule has 20 heavy (non-hydrogen) atoms. The number of hydrogen-bond acceptors (Lipinski definition) is 2. The normalized spacial score (nSPS) is 13.0. The Morgan fingerprint density at radius 3 is 2.80 bits per heavy atom. The lowest BCUT2D eigenvalue weighted by Crippen LogP contribution is -2.22. The van der Waals surface area contributed by atoms with E-state index >= 15 is 0 Å². The second kappa shape index (κ2) is 5.37. The summed E-state index contributed by atoms with van der Waals surface area (Å²) in [6.45, 7) is 0.501. The monoisotopic (exact) mass is 266 g/mol. The molecule has 3 N–H and O–H groups in total. The third-order valence-corrected chi connectivity index (χ3v) is 3.76. The molecule has 0 aromatic heterocycles. The van der Waals surface area contributed by atoms with Crippen LogP contribution >= 0.6 is 0 Å². The molecule has 0 unspecified atom stereocenters. The van der Waals surface area contributed by atoms with Crippen molar-refractivity contribution < 1.29 is 4.79 Å². The van der Waals surface area contributed by atoms with E-state index in [1.54, 1.807) is 0 Å². The van der Waals surface area contributed by atoms with E-state index < -0.39 is 0 Å². The number of carbonyl (C=O) groups is 1. The first kappa shape index (κ1) is 12.7. The lowest BCUT2D eigenvalue weighted by Gasteiger charge is -2.07. The molecule has 0 fully saturated rings. The molecule has 1 aliphatic rings. The number of aryl methyl sites for hydroxylation is 2. The summed E-state index contributed by atoms with van der Waals surface area (Å²) in [7, 11) is 0. The minimum atomic E-state index is -0.0258. The average Bonchev–Trinajstić information content (AvgIpc) is 2.92. The Kier molecular flexibility index (Phi) is 3.42. The minimum Gasteiger partial charge on any atom is -0.399 e. The predicted octanol–water partition coefficient (Wildman–Crippen LogP) is 2.69. The van der Waals surface area contributed by atoms with E-state index in [9.17, 15) is 4.79 Å². The van der Waals surface area contributed by atoms with Crippen LogP contribution in [0.3, 0.4) is 0 Å². The molecular weight excluding hydrogens is 248 g/mol. The molecule has 0 aliphatic heterocycles. The number of fused-ring (bicyclic) bond motifs is 1. The van der Waals surface area contributed by atoms with Crippen LogP contribution in [0.5, 0.6) is 0 Å². The van der Waals surface area contributed by atoms with Crippen LogP contribution in [0.25, 0.3) is 0 Å². The van der Waals surface area contributed by atoms with Gasteiger partial charge in [0.15, 0.2) is 0 Å². The molecule has 0 bridgehead atoms. The van der Waals surface area contributed by atoms with Gasteiger partial charge in [0.2, 0.25) is 0 Å². The molecule has 0 atom stereocenters. The smallest absolute Gasteiger partial charge is 0.251 e. The number of hydrogen-bond donors (Lipinski definition) is 2. The van der Waals surface area contributed by atoms with Crippen molar-refractivity contribution in [1.29, 1.82) is 0 Å². The summed E-state index contributed by atoms with van der Waals surface area (Å²) in [5.41, 5.74) is 10.9. The quantitative estimate of drug-likeness (QED) is 0.839. The Labute approximate surface area is 118 Å². The van der Waals surface area contributed by atoms with Crippen molar-refractivity contribution in [3.8, 4) is 0 Å². The van der Waals surface area contributed by atoms with Gasteiger partial charge in [0, 0.05) is 17.8 Å². The van der Waals surface area contributed by atoms with Crippen LogP contribution in [-0.4, -0.2) is 5.91 Å². The maximum Gasteiger partial charge on any atom is 0.251 e. The Morgan fingerprint density at radius 1 is 1.10 bits per heavy atom. The summed E-state index contributed by atoms with van der Waals surface area (Å²) in [6.07, 6.45) is 3.43. The Morgan fingerprint density at radius 2 is 1.95 bits per heavy atom. The SMILES string of the molecule is Nc1cccc(CNC(=O)c2ccc3c(c2)CCC3)c1. The predicted molar refractivity (Wildman–Crippen MR) is 80.5 cm³/mol. The third-order valence-electron chi connectivity index (χ3n) is 3.76. The summed E-state index contributed by atoms with van der Waals surface area (Å²) in [6, 6.07) is 13.6. The van der Waals surface area contributed by atoms with Gasteiger partial charge < -0.3 is 11.1 Å². The van der Waals surface area contributed by atoms with Gasteiger partial charge in [-0.2, -0.15) is 0 Å². The summed E-state index contributed by atoms with van der Waals surface area (Å²) in [4.78, 5) is 12.2. The van der Waals surface area contributed by atoms with Crippen molar-refractivity contribution >= 4 is 11.6 Å². The zero-order valence-corrected chi connectivity index (χ0v) is 11.4. The van der Waals surface area contributed by atoms with Gasteiger partial charge in [0.1, 0.15) is 0 Å². The zero-order valence-electron chi connectivity index (χ0n) is 11.4. The number of nitrogens with one attached hydrogen (secondary N) is 1. The van der Waals surface area contributed by atoms with Gasteiger partial charge in [0.25, 0.3) is 5.91 Å². The number of anilines is 1. The molecule has 0 heterocycles. The van der Waals surface area contributed by atoms with E-state index in [-0.39, 0.29) is 5.91 Å². The fraction of sp³-hybridized carbons (Fsp3) is 0.235. The molecule has 2 aromatic rings. The van der Waals surface area contributed by atoms with Gasteiger partial charge in [-0.05, 0) is 60.2 Å². The molecule has 0 radical (unpaired) electrons. The lowest BCUT2D eigenvalue weighted by molar-refractivity contribution is 0.0951. The minimum absolute atomic E-state index is 0.0258. The standard InChI is InChI=1S/C17H18N2O/c18-16-6-1-3-12(9-16)11-19-17(20)15-8-7-13-4-2-5-14(13)10-15/h1,3,6-10H,2,4-5,11,18H2,(H,19,20). The molecule has 1 amide bonds. The van der Waals surface area contributed by atoms with Gasteiger partial charge in [-0.15, -0.1) is 0 Å². The number of nitrogens with two attached hydrogens (primary N) is 1. The van der Waals surface area contributed by atoms with Gasteiger partial charge in [-0.25, -0.2) is 0 Å². The van der Waals surface area contributed by atoms with Crippen molar-refractivity contribution in [1.82, 2.24) is 5.32 Å². The molecule has 0 saturated heterocycles. The molecule has 0 saturated carbocycles. The topological polar surface area (TPSA) is 55.1 Å². The Bertz CT molecular complexity index is 649. The second-order valence-electron chi connectivity index (χ2n) is 5.26. The summed E-state index contributed by atoms with van der Waals surface area (Å²) in [5.74, 6) is -0.0258. The maximum absolute atomic E-state index is 12.2. The van der Waals surface area contributed by atoms with Crippen molar-refractivity contribution in [2.75, 3.05) is 5.73 Å². The van der Waals surface area contributed by atoms with Crippen molar-refractivity contribution in [2.45, 2.75) is 25.8 Å². The van der Waals surface area contributed by atoms with E-state index in [1.165, 1.54) is 17.5 Å². The van der Waals surface area contributed by atoms with E-state index in [0.29, 0.717) is 12.2 Å². The summed E-state index contributed by atoms with van der Waals surface area (Å²) >= 11 is 0. The Hall–Kier alpha value is -2.29. The first-order valence-corrected chi connectivity index (χ1v) is 6.97. The molecule has 3 rings (SSSR count). The van der Waals surface area contributed by atoms with Crippen LogP contribution in [0.4, 0.5) is 5.69 Å². The highest BCUT2D eigenvalue weighted by molar-refractivity contribution is 5.94. The van der Waals surface area contributed by atoms with Crippen LogP contribution in [0.1, 0.15) is 33.5 Å². The highest BCUT2D eigenvalue weighted by Crippen LogP contribution is 2.22. The lowest BCUT2D eigenvalue weighted by atomic mass is 10.1. The van der Waals surface area contributed by atoms with E-state index in [4.69, 9.17) is 5.73 Å². The number of carbonyl (C=O) groups excluding carboxylic acids is 1. The van der Waals surface area contributed by atoms with Gasteiger partial charge >= 0.3 is 0 Å². The van der Waals surface area contributed by atoms with Crippen LogP contribution in [0, 0.1) is 0 Å². The number of amides is 1. The fourth-order valence-corrected chi connectivity index (χ4v) is 2.70. The molecular formula is C17H18N2O. The largest absolute Gasteiger partial charge is 0.399 e. The van der Waals surface area contributed by atoms with E-state index in [1.807, 2.05) is 36.4 Å². The highest BCUT2D eigenvalue weighted by atomic mass is 16.1. The van der Waals surface area contributed by atoms with Crippen molar-refractivity contribution in [2.24, 2.45) is 0 Å². The summed E-state index contributed by atoms with van der Waals surface area (Å²) < 4.78 is 0. The molecule has 3 nitrogen and oxygen atoms in total. The van der Waals surface area contributed by atoms with Crippen LogP contribution < -0.4 is 11.1 Å². The second-order valence-corrected chi connectivity index (χ2v) is 5.26. The Balaban J connectivity index is 1.67. The van der Waals surface area contributed by atoms with Crippen molar-refractivity contribution in [3.05, 3.63) is 64.7 Å². The molecule has 3 heteroatoms. The maximum atomic E-state index is 12.2. The fourth-order valence-electron chi connectivity index (χ4n) is 2.70. The third kappa shape index (κ3) is 2.67. The molecule has 1 aliphatic carbocycles. The van der Waals surface area contributed by atoms with Gasteiger partial charge in [-0.1, -0.05) is 18.2 Å². The number of nitrogen functional groups attached to an aromatic ring is 1. The molecule has 0 spiro atoms. The average molecular weight is 266 g/mol. The van der Waals surface area contributed by atoms with Crippen LogP contribution in [-0.2, 0) is 19.4 Å². The van der Waals surface area contributed by atoms with Crippen molar-refractivity contribution in [3.63, 3.8) is 0 Å². The number of benzene rings is 2. The van der Waals surface area contributed by atoms with E-state index in [2.05, 4.69) is 11.4 Å². The first-order valence-electron chi connectivity index (χ1n) is 6.97.